The van der Waals surface area contributed by atoms with E-state index in [4.69, 9.17) is 9.47 Å². The van der Waals surface area contributed by atoms with Gasteiger partial charge in [0.15, 0.2) is 0 Å². The highest BCUT2D eigenvalue weighted by Crippen LogP contribution is 2.35. The van der Waals surface area contributed by atoms with E-state index in [0.29, 0.717) is 5.56 Å². The van der Waals surface area contributed by atoms with Crippen LogP contribution in [0.4, 0.5) is 4.79 Å². The quantitative estimate of drug-likeness (QED) is 0.443. The Morgan fingerprint density at radius 2 is 1.54 bits per heavy atom. The first-order valence-electron chi connectivity index (χ1n) is 9.15. The molecule has 0 aliphatic heterocycles. The Morgan fingerprint density at radius 1 is 1.04 bits per heavy atom. The van der Waals surface area contributed by atoms with Crippen molar-refractivity contribution in [3.8, 4) is 0 Å². The highest BCUT2D eigenvalue weighted by molar-refractivity contribution is 5.82. The summed E-state index contributed by atoms with van der Waals surface area (Å²) >= 11 is 0. The lowest BCUT2D eigenvalue weighted by atomic mass is 9.83. The van der Waals surface area contributed by atoms with Gasteiger partial charge in [0.1, 0.15) is 17.2 Å². The fourth-order valence-electron chi connectivity index (χ4n) is 2.69. The molecule has 0 radical (unpaired) electrons. The normalized spacial score (nSPS) is 15.1. The number of hydrogen-bond donors (Lipinski definition) is 1. The number of benzene rings is 1. The van der Waals surface area contributed by atoms with E-state index in [1.807, 2.05) is 0 Å². The Labute approximate surface area is 165 Å². The van der Waals surface area contributed by atoms with E-state index in [1.165, 1.54) is 6.92 Å². The van der Waals surface area contributed by atoms with Gasteiger partial charge in [-0.05, 0) is 47.1 Å². The highest BCUT2D eigenvalue weighted by Gasteiger charge is 2.60. The Balaban J connectivity index is 3.49. The SMILES string of the molecule is CC[C@](C(=O)OC(C)(C)C)(C(NC(=O)OC(C)(C)C)c1ccccc1)[N+](=O)[O-]. The van der Waals surface area contributed by atoms with Crippen LogP contribution in [0.25, 0.3) is 0 Å². The van der Waals surface area contributed by atoms with E-state index in [0.717, 1.165) is 0 Å². The number of esters is 1. The minimum absolute atomic E-state index is 0.190. The molecule has 1 aromatic carbocycles. The summed E-state index contributed by atoms with van der Waals surface area (Å²) in [7, 11) is 0. The number of carbonyl (C=O) groups is 2. The summed E-state index contributed by atoms with van der Waals surface area (Å²) in [5.74, 6) is -1.02. The van der Waals surface area contributed by atoms with E-state index in [2.05, 4.69) is 5.32 Å². The first-order valence-corrected chi connectivity index (χ1v) is 9.15. The van der Waals surface area contributed by atoms with Crippen LogP contribution in [0.5, 0.6) is 0 Å². The summed E-state index contributed by atoms with van der Waals surface area (Å²) in [5.41, 5.74) is -3.55. The Bertz CT molecular complexity index is 706. The van der Waals surface area contributed by atoms with Crippen molar-refractivity contribution in [2.45, 2.75) is 77.7 Å². The van der Waals surface area contributed by atoms with Crippen molar-refractivity contribution in [1.29, 1.82) is 0 Å². The standard InChI is InChI=1S/C20H30N2O6/c1-8-20(22(25)26,16(23)27-18(2,3)4)15(14-12-10-9-11-13-14)21-17(24)28-19(5,6)7/h9-13,15H,8H2,1-7H3,(H,21,24)/t15?,20-/m1/s1. The number of nitrogens with one attached hydrogen (secondary N) is 1. The van der Waals surface area contributed by atoms with Crippen LogP contribution < -0.4 is 5.32 Å². The molecule has 1 N–H and O–H groups in total. The maximum absolute atomic E-state index is 13.0. The summed E-state index contributed by atoms with van der Waals surface area (Å²) in [5, 5.41) is 14.7. The summed E-state index contributed by atoms with van der Waals surface area (Å²) < 4.78 is 10.6. The molecule has 1 aromatic rings. The molecule has 0 bridgehead atoms. The number of carbonyl (C=O) groups excluding carboxylic acids is 2. The van der Waals surface area contributed by atoms with Gasteiger partial charge in [0.05, 0.1) is 0 Å². The lowest BCUT2D eigenvalue weighted by Crippen LogP contribution is -2.58. The van der Waals surface area contributed by atoms with Crippen LogP contribution in [-0.2, 0) is 14.3 Å². The van der Waals surface area contributed by atoms with Crippen LogP contribution in [0.15, 0.2) is 30.3 Å². The van der Waals surface area contributed by atoms with Gasteiger partial charge in [0, 0.05) is 11.3 Å². The molecule has 0 saturated carbocycles. The van der Waals surface area contributed by atoms with E-state index in [9.17, 15) is 19.7 Å². The van der Waals surface area contributed by atoms with Gasteiger partial charge in [0.2, 0.25) is 0 Å². The maximum atomic E-state index is 13.0. The van der Waals surface area contributed by atoms with Crippen LogP contribution in [-0.4, -0.2) is 33.7 Å². The van der Waals surface area contributed by atoms with E-state index in [-0.39, 0.29) is 6.42 Å². The Hall–Kier alpha value is -2.64. The molecule has 0 heterocycles. The molecule has 1 unspecified atom stereocenters. The molecular weight excluding hydrogens is 364 g/mol. The van der Waals surface area contributed by atoms with Gasteiger partial charge in [-0.3, -0.25) is 10.1 Å². The Morgan fingerprint density at radius 3 is 1.93 bits per heavy atom. The third-order valence-corrected chi connectivity index (χ3v) is 3.89. The summed E-state index contributed by atoms with van der Waals surface area (Å²) in [6, 6.07) is 7.03. The molecule has 1 rings (SSSR count). The monoisotopic (exact) mass is 394 g/mol. The zero-order valence-corrected chi connectivity index (χ0v) is 17.6. The van der Waals surface area contributed by atoms with E-state index >= 15 is 0 Å². The Kier molecular flexibility index (Phi) is 7.17. The zero-order valence-electron chi connectivity index (χ0n) is 17.6. The van der Waals surface area contributed by atoms with Gasteiger partial charge >= 0.3 is 17.6 Å². The van der Waals surface area contributed by atoms with Crippen molar-refractivity contribution >= 4 is 12.1 Å². The van der Waals surface area contributed by atoms with Gasteiger partial charge < -0.3 is 14.8 Å². The van der Waals surface area contributed by atoms with Crippen molar-refractivity contribution in [1.82, 2.24) is 5.32 Å². The molecule has 156 valence electrons. The van der Waals surface area contributed by atoms with Crippen molar-refractivity contribution in [3.05, 3.63) is 46.0 Å². The van der Waals surface area contributed by atoms with Gasteiger partial charge in [-0.15, -0.1) is 0 Å². The van der Waals surface area contributed by atoms with Crippen molar-refractivity contribution in [3.63, 3.8) is 0 Å². The van der Waals surface area contributed by atoms with Crippen LogP contribution in [0.2, 0.25) is 0 Å². The third kappa shape index (κ3) is 5.94. The van der Waals surface area contributed by atoms with Crippen molar-refractivity contribution < 1.29 is 24.0 Å². The number of nitrogens with zero attached hydrogens (tertiary/aromatic N) is 1. The number of alkyl carbamates (subject to hydrolysis) is 1. The molecular formula is C20H30N2O6. The summed E-state index contributed by atoms with van der Waals surface area (Å²) in [6.45, 7) is 11.4. The number of hydrogen-bond acceptors (Lipinski definition) is 6. The van der Waals surface area contributed by atoms with Gasteiger partial charge in [-0.2, -0.15) is 0 Å². The lowest BCUT2D eigenvalue weighted by molar-refractivity contribution is -0.562. The molecule has 0 aliphatic rings. The molecule has 28 heavy (non-hydrogen) atoms. The largest absolute Gasteiger partial charge is 0.455 e. The average molecular weight is 394 g/mol. The third-order valence-electron chi connectivity index (χ3n) is 3.89. The minimum atomic E-state index is -2.22. The first kappa shape index (κ1) is 23.4. The fourth-order valence-corrected chi connectivity index (χ4v) is 2.69. The second kappa shape index (κ2) is 8.58. The maximum Gasteiger partial charge on any atom is 0.408 e. The average Bonchev–Trinajstić information content (AvgIpc) is 2.52. The lowest BCUT2D eigenvalue weighted by Gasteiger charge is -2.34. The number of amides is 1. The summed E-state index contributed by atoms with van der Waals surface area (Å²) in [4.78, 5) is 36.9. The van der Waals surface area contributed by atoms with E-state index < -0.39 is 39.8 Å². The van der Waals surface area contributed by atoms with Crippen LogP contribution in [0.3, 0.4) is 0 Å². The first-order chi connectivity index (χ1) is 12.7. The van der Waals surface area contributed by atoms with Crippen LogP contribution >= 0.6 is 0 Å². The van der Waals surface area contributed by atoms with E-state index in [1.54, 1.807) is 71.9 Å². The topological polar surface area (TPSA) is 108 Å². The predicted octanol–water partition coefficient (Wildman–Crippen LogP) is 4.02. The smallest absolute Gasteiger partial charge is 0.408 e. The molecule has 1 amide bonds. The molecule has 8 nitrogen and oxygen atoms in total. The van der Waals surface area contributed by atoms with Gasteiger partial charge in [0.25, 0.3) is 0 Å². The second-order valence-electron chi connectivity index (χ2n) is 8.53. The number of ether oxygens (including phenoxy) is 2. The zero-order chi connectivity index (χ0) is 21.8. The minimum Gasteiger partial charge on any atom is -0.455 e. The second-order valence-corrected chi connectivity index (χ2v) is 8.53. The number of rotatable bonds is 6. The summed E-state index contributed by atoms with van der Waals surface area (Å²) in [6.07, 6.45) is -1.05. The van der Waals surface area contributed by atoms with Gasteiger partial charge in [-0.1, -0.05) is 37.3 Å². The van der Waals surface area contributed by atoms with Crippen molar-refractivity contribution in [2.75, 3.05) is 0 Å². The number of nitro groups is 1. The van der Waals surface area contributed by atoms with Crippen LogP contribution in [0, 0.1) is 10.1 Å². The predicted molar refractivity (Wildman–Crippen MR) is 104 cm³/mol. The molecule has 0 spiro atoms. The van der Waals surface area contributed by atoms with Crippen LogP contribution in [0.1, 0.15) is 66.5 Å². The molecule has 8 heteroatoms. The highest BCUT2D eigenvalue weighted by atomic mass is 16.6. The fraction of sp³-hybridized carbons (Fsp3) is 0.600. The molecule has 0 saturated heterocycles. The molecule has 2 atom stereocenters. The molecule has 0 aliphatic carbocycles. The van der Waals surface area contributed by atoms with Crippen molar-refractivity contribution in [2.24, 2.45) is 0 Å². The van der Waals surface area contributed by atoms with Gasteiger partial charge in [-0.25, -0.2) is 9.59 Å². The molecule has 0 fully saturated rings. The molecule has 0 aromatic heterocycles.